The minimum Gasteiger partial charge on any atom is -0.339 e. The predicted octanol–water partition coefficient (Wildman–Crippen LogP) is 3.64. The summed E-state index contributed by atoms with van der Waals surface area (Å²) in [5, 5.41) is 6.94. The molecule has 1 aliphatic heterocycles. The van der Waals surface area contributed by atoms with Crippen LogP contribution in [0.5, 0.6) is 0 Å². The van der Waals surface area contributed by atoms with Gasteiger partial charge >= 0.3 is 6.18 Å². The summed E-state index contributed by atoms with van der Waals surface area (Å²) in [6.07, 6.45) is -2.74. The zero-order valence-electron chi connectivity index (χ0n) is 11.6. The van der Waals surface area contributed by atoms with Crippen LogP contribution in [0.15, 0.2) is 28.8 Å². The zero-order chi connectivity index (χ0) is 14.9. The SMILES string of the molecule is Cl.FC(F)(F)c1ccccc1-c1noc(C2CCNCC2)n1. The molecule has 0 unspecified atom stereocenters. The van der Waals surface area contributed by atoms with Gasteiger partial charge in [-0.25, -0.2) is 0 Å². The summed E-state index contributed by atoms with van der Waals surface area (Å²) < 4.78 is 44.2. The van der Waals surface area contributed by atoms with Crippen LogP contribution in [0.3, 0.4) is 0 Å². The summed E-state index contributed by atoms with van der Waals surface area (Å²) in [7, 11) is 0. The Balaban J connectivity index is 0.00000176. The molecule has 0 bridgehead atoms. The number of halogens is 4. The monoisotopic (exact) mass is 333 g/mol. The fraction of sp³-hybridized carbons (Fsp3) is 0.429. The van der Waals surface area contributed by atoms with E-state index in [1.54, 1.807) is 0 Å². The van der Waals surface area contributed by atoms with Crippen LogP contribution in [0, 0.1) is 0 Å². The Labute approximate surface area is 131 Å². The molecule has 1 aromatic heterocycles. The Morgan fingerprint density at radius 2 is 1.82 bits per heavy atom. The first-order valence-corrected chi connectivity index (χ1v) is 6.76. The van der Waals surface area contributed by atoms with E-state index >= 15 is 0 Å². The molecule has 4 nitrogen and oxygen atoms in total. The Bertz CT molecular complexity index is 624. The van der Waals surface area contributed by atoms with E-state index in [-0.39, 0.29) is 29.7 Å². The van der Waals surface area contributed by atoms with Crippen molar-refractivity contribution in [2.24, 2.45) is 0 Å². The molecule has 1 aliphatic rings. The van der Waals surface area contributed by atoms with Gasteiger partial charge in [0.2, 0.25) is 11.7 Å². The van der Waals surface area contributed by atoms with E-state index in [4.69, 9.17) is 4.52 Å². The number of piperidine rings is 1. The van der Waals surface area contributed by atoms with E-state index in [2.05, 4.69) is 15.5 Å². The van der Waals surface area contributed by atoms with Crippen LogP contribution in [0.1, 0.15) is 30.2 Å². The highest BCUT2D eigenvalue weighted by molar-refractivity contribution is 5.85. The Morgan fingerprint density at radius 3 is 2.50 bits per heavy atom. The van der Waals surface area contributed by atoms with Crippen molar-refractivity contribution in [2.75, 3.05) is 13.1 Å². The number of hydrogen-bond acceptors (Lipinski definition) is 4. The van der Waals surface area contributed by atoms with Crippen molar-refractivity contribution in [3.63, 3.8) is 0 Å². The fourth-order valence-electron chi connectivity index (χ4n) is 2.50. The van der Waals surface area contributed by atoms with E-state index in [0.717, 1.165) is 32.0 Å². The summed E-state index contributed by atoms with van der Waals surface area (Å²) in [6.45, 7) is 1.70. The molecule has 1 N–H and O–H groups in total. The van der Waals surface area contributed by atoms with E-state index in [1.165, 1.54) is 18.2 Å². The molecule has 1 fully saturated rings. The molecule has 22 heavy (non-hydrogen) atoms. The molecule has 0 spiro atoms. The minimum absolute atomic E-state index is 0. The van der Waals surface area contributed by atoms with Gasteiger partial charge in [-0.3, -0.25) is 0 Å². The highest BCUT2D eigenvalue weighted by Gasteiger charge is 2.34. The molecule has 8 heteroatoms. The molecule has 0 atom stereocenters. The second-order valence-electron chi connectivity index (χ2n) is 5.02. The second kappa shape index (κ2) is 6.66. The van der Waals surface area contributed by atoms with Crippen LogP contribution in [0.4, 0.5) is 13.2 Å². The largest absolute Gasteiger partial charge is 0.417 e. The predicted molar refractivity (Wildman–Crippen MR) is 76.8 cm³/mol. The molecule has 2 heterocycles. The zero-order valence-corrected chi connectivity index (χ0v) is 12.4. The lowest BCUT2D eigenvalue weighted by atomic mass is 9.98. The van der Waals surface area contributed by atoms with E-state index < -0.39 is 11.7 Å². The average molecular weight is 334 g/mol. The van der Waals surface area contributed by atoms with Crippen LogP contribution in [0.25, 0.3) is 11.4 Å². The molecule has 1 saturated heterocycles. The first-order valence-electron chi connectivity index (χ1n) is 6.76. The van der Waals surface area contributed by atoms with Crippen LogP contribution < -0.4 is 5.32 Å². The van der Waals surface area contributed by atoms with Gasteiger partial charge in [0.1, 0.15) is 0 Å². The highest BCUT2D eigenvalue weighted by atomic mass is 35.5. The average Bonchev–Trinajstić information content (AvgIpc) is 2.97. The molecule has 120 valence electrons. The van der Waals surface area contributed by atoms with Gasteiger partial charge in [0.05, 0.1) is 5.56 Å². The maximum atomic E-state index is 13.0. The lowest BCUT2D eigenvalue weighted by Gasteiger charge is -2.18. The summed E-state index contributed by atoms with van der Waals surface area (Å²) >= 11 is 0. The maximum Gasteiger partial charge on any atom is 0.417 e. The number of aromatic nitrogens is 2. The third-order valence-corrected chi connectivity index (χ3v) is 3.60. The molecular formula is C14H15ClF3N3O. The van der Waals surface area contributed by atoms with Crippen LogP contribution in [0.2, 0.25) is 0 Å². The fourth-order valence-corrected chi connectivity index (χ4v) is 2.50. The van der Waals surface area contributed by atoms with Gasteiger partial charge in [-0.05, 0) is 32.0 Å². The smallest absolute Gasteiger partial charge is 0.339 e. The number of hydrogen-bond donors (Lipinski definition) is 1. The first kappa shape index (κ1) is 16.8. The van der Waals surface area contributed by atoms with Gasteiger partial charge in [-0.1, -0.05) is 23.4 Å². The van der Waals surface area contributed by atoms with Crippen LogP contribution in [-0.4, -0.2) is 23.2 Å². The summed E-state index contributed by atoms with van der Waals surface area (Å²) in [4.78, 5) is 4.17. The minimum atomic E-state index is -4.44. The molecular weight excluding hydrogens is 319 g/mol. The van der Waals surface area contributed by atoms with Crippen molar-refractivity contribution >= 4 is 12.4 Å². The topological polar surface area (TPSA) is 51.0 Å². The van der Waals surface area contributed by atoms with Gasteiger partial charge in [0.15, 0.2) is 0 Å². The number of benzene rings is 1. The van der Waals surface area contributed by atoms with Gasteiger partial charge < -0.3 is 9.84 Å². The van der Waals surface area contributed by atoms with Crippen molar-refractivity contribution in [3.05, 3.63) is 35.7 Å². The summed E-state index contributed by atoms with van der Waals surface area (Å²) in [5.74, 6) is 0.533. The number of nitrogens with zero attached hydrogens (tertiary/aromatic N) is 2. The van der Waals surface area contributed by atoms with E-state index in [9.17, 15) is 13.2 Å². The Hall–Kier alpha value is -1.60. The Kier molecular flexibility index (Phi) is 5.08. The third-order valence-electron chi connectivity index (χ3n) is 3.60. The van der Waals surface area contributed by atoms with Crippen molar-refractivity contribution in [1.82, 2.24) is 15.5 Å². The molecule has 0 saturated carbocycles. The van der Waals surface area contributed by atoms with Gasteiger partial charge in [-0.2, -0.15) is 18.2 Å². The van der Waals surface area contributed by atoms with Gasteiger partial charge in [0.25, 0.3) is 0 Å². The van der Waals surface area contributed by atoms with Crippen molar-refractivity contribution in [3.8, 4) is 11.4 Å². The molecule has 1 aromatic carbocycles. The van der Waals surface area contributed by atoms with E-state index in [1.807, 2.05) is 0 Å². The molecule has 2 aromatic rings. The number of alkyl halides is 3. The standard InChI is InChI=1S/C14H14F3N3O.ClH/c15-14(16,17)11-4-2-1-3-10(11)12-19-13(21-20-12)9-5-7-18-8-6-9;/h1-4,9,18H,5-8H2;1H. The second-order valence-corrected chi connectivity index (χ2v) is 5.02. The quantitative estimate of drug-likeness (QED) is 0.911. The molecule has 0 radical (unpaired) electrons. The van der Waals surface area contributed by atoms with Crippen molar-refractivity contribution < 1.29 is 17.7 Å². The first-order chi connectivity index (χ1) is 10.1. The summed E-state index contributed by atoms with van der Waals surface area (Å²) in [6, 6.07) is 5.26. The lowest BCUT2D eigenvalue weighted by molar-refractivity contribution is -0.137. The van der Waals surface area contributed by atoms with Gasteiger partial charge in [0, 0.05) is 11.5 Å². The van der Waals surface area contributed by atoms with Crippen molar-refractivity contribution in [1.29, 1.82) is 0 Å². The van der Waals surface area contributed by atoms with E-state index in [0.29, 0.717) is 5.89 Å². The number of rotatable bonds is 2. The molecule has 0 amide bonds. The van der Waals surface area contributed by atoms with Gasteiger partial charge in [-0.15, -0.1) is 12.4 Å². The highest BCUT2D eigenvalue weighted by Crippen LogP contribution is 2.36. The molecule has 3 rings (SSSR count). The third kappa shape index (κ3) is 3.41. The lowest BCUT2D eigenvalue weighted by Crippen LogP contribution is -2.26. The number of nitrogens with one attached hydrogen (secondary N) is 1. The van der Waals surface area contributed by atoms with Crippen LogP contribution in [-0.2, 0) is 6.18 Å². The Morgan fingerprint density at radius 1 is 1.14 bits per heavy atom. The van der Waals surface area contributed by atoms with Crippen LogP contribution >= 0.6 is 12.4 Å². The summed E-state index contributed by atoms with van der Waals surface area (Å²) in [5.41, 5.74) is -0.795. The maximum absolute atomic E-state index is 13.0. The normalized spacial score (nSPS) is 16.3. The van der Waals surface area contributed by atoms with Crippen molar-refractivity contribution in [2.45, 2.75) is 24.9 Å². The molecule has 0 aliphatic carbocycles.